The van der Waals surface area contributed by atoms with Crippen molar-refractivity contribution in [2.24, 2.45) is 0 Å². The molecular weight excluding hydrogens is 271 g/mol. The summed E-state index contributed by atoms with van der Waals surface area (Å²) in [5, 5.41) is 35.5. The predicted molar refractivity (Wildman–Crippen MR) is 45.7 cm³/mol. The second-order valence-electron chi connectivity index (χ2n) is 2.84. The average molecular weight is 282 g/mol. The van der Waals surface area contributed by atoms with E-state index in [4.69, 9.17) is 15.3 Å². The van der Waals surface area contributed by atoms with Gasteiger partial charge >= 0.3 is 29.6 Å². The summed E-state index contributed by atoms with van der Waals surface area (Å²) in [7, 11) is -5.29. The molecule has 4 N–H and O–H groups in total. The Labute approximate surface area is 119 Å². The van der Waals surface area contributed by atoms with Gasteiger partial charge in [0.2, 0.25) is 10.4 Å². The van der Waals surface area contributed by atoms with Gasteiger partial charge in [-0.3, -0.25) is 4.18 Å². The molecule has 9 nitrogen and oxygen atoms in total. The molecule has 0 aliphatic heterocycles. The maximum atomic E-state index is 10.2. The van der Waals surface area contributed by atoms with Gasteiger partial charge in [-0.05, 0) is 0 Å². The fourth-order valence-electron chi connectivity index (χ4n) is 0.856. The third-order valence-corrected chi connectivity index (χ3v) is 2.08. The van der Waals surface area contributed by atoms with E-state index in [9.17, 15) is 22.9 Å². The van der Waals surface area contributed by atoms with Crippen LogP contribution in [-0.4, -0.2) is 70.7 Å². The van der Waals surface area contributed by atoms with Crippen LogP contribution in [0.3, 0.4) is 0 Å². The number of rotatable bonds is 7. The molecule has 0 heterocycles. The van der Waals surface area contributed by atoms with Gasteiger partial charge in [-0.25, -0.2) is 8.42 Å². The molecule has 0 saturated heterocycles. The van der Waals surface area contributed by atoms with Crippen LogP contribution < -0.4 is 29.6 Å². The molecule has 0 radical (unpaired) electrons. The SMILES string of the molecule is O=CC(O)C(OS(=O)(=O)[O-])C(O)C(O)CO.[Na+]. The number of carbonyl (C=O) groups excluding carboxylic acids is 1. The van der Waals surface area contributed by atoms with Crippen molar-refractivity contribution in [3.8, 4) is 0 Å². The van der Waals surface area contributed by atoms with Crippen molar-refractivity contribution in [3.05, 3.63) is 0 Å². The number of carbonyl (C=O) groups is 1. The second kappa shape index (κ2) is 8.48. The largest absolute Gasteiger partial charge is 1.00 e. The molecule has 0 aromatic heterocycles. The second-order valence-corrected chi connectivity index (χ2v) is 3.85. The van der Waals surface area contributed by atoms with Crippen molar-refractivity contribution in [3.63, 3.8) is 0 Å². The molecule has 0 amide bonds. The Bertz CT molecular complexity index is 317. The van der Waals surface area contributed by atoms with E-state index in [0.29, 0.717) is 0 Å². The number of aliphatic hydroxyl groups excluding tert-OH is 4. The smallest absolute Gasteiger partial charge is 0.726 e. The van der Waals surface area contributed by atoms with Crippen molar-refractivity contribution >= 4 is 16.7 Å². The molecule has 0 saturated carbocycles. The Hall–Kier alpha value is 0.380. The number of hydrogen-bond donors (Lipinski definition) is 4. The molecule has 0 aromatic rings. The summed E-state index contributed by atoms with van der Waals surface area (Å²) in [5.41, 5.74) is 0. The van der Waals surface area contributed by atoms with E-state index in [1.54, 1.807) is 0 Å². The zero-order valence-corrected chi connectivity index (χ0v) is 11.6. The molecule has 96 valence electrons. The first-order chi connectivity index (χ1) is 7.22. The molecule has 0 aromatic carbocycles. The van der Waals surface area contributed by atoms with Crippen LogP contribution in [0, 0.1) is 0 Å². The molecule has 0 spiro atoms. The molecule has 4 atom stereocenters. The predicted octanol–water partition coefficient (Wildman–Crippen LogP) is -6.89. The van der Waals surface area contributed by atoms with Crippen LogP contribution in [0.15, 0.2) is 0 Å². The summed E-state index contributed by atoms with van der Waals surface area (Å²) in [6.45, 7) is -0.981. The molecule has 0 aliphatic carbocycles. The first-order valence-corrected chi connectivity index (χ1v) is 5.30. The average Bonchev–Trinajstić information content (AvgIpc) is 2.21. The van der Waals surface area contributed by atoms with Crippen LogP contribution in [-0.2, 0) is 19.4 Å². The quantitative estimate of drug-likeness (QED) is 0.154. The van der Waals surface area contributed by atoms with Crippen molar-refractivity contribution in [2.45, 2.75) is 24.4 Å². The summed E-state index contributed by atoms with van der Waals surface area (Å²) in [5.74, 6) is 0. The molecule has 11 heteroatoms. The van der Waals surface area contributed by atoms with E-state index < -0.39 is 41.4 Å². The molecule has 0 fully saturated rings. The van der Waals surface area contributed by atoms with Gasteiger partial charge in [-0.1, -0.05) is 0 Å². The van der Waals surface area contributed by atoms with Crippen molar-refractivity contribution in [1.29, 1.82) is 0 Å². The van der Waals surface area contributed by atoms with Crippen molar-refractivity contribution in [1.82, 2.24) is 0 Å². The van der Waals surface area contributed by atoms with E-state index >= 15 is 0 Å². The van der Waals surface area contributed by atoms with Crippen molar-refractivity contribution in [2.75, 3.05) is 6.61 Å². The fourth-order valence-corrected chi connectivity index (χ4v) is 1.36. The van der Waals surface area contributed by atoms with E-state index in [1.165, 1.54) is 0 Å². The Morgan fingerprint density at radius 2 is 1.76 bits per heavy atom. The van der Waals surface area contributed by atoms with Crippen LogP contribution in [0.25, 0.3) is 0 Å². The number of aliphatic hydroxyl groups is 4. The number of hydrogen-bond acceptors (Lipinski definition) is 9. The molecule has 17 heavy (non-hydrogen) atoms. The van der Waals surface area contributed by atoms with Crippen molar-refractivity contribution < 1.29 is 71.9 Å². The van der Waals surface area contributed by atoms with Crippen LogP contribution in [0.1, 0.15) is 0 Å². The Balaban J connectivity index is 0. The number of aldehydes is 1. The van der Waals surface area contributed by atoms with Crippen LogP contribution in [0.2, 0.25) is 0 Å². The van der Waals surface area contributed by atoms with Crippen LogP contribution >= 0.6 is 0 Å². The summed E-state index contributed by atoms with van der Waals surface area (Å²) < 4.78 is 34.3. The molecule has 4 unspecified atom stereocenters. The molecule has 0 rings (SSSR count). The summed E-state index contributed by atoms with van der Waals surface area (Å²) in [6, 6.07) is 0. The maximum absolute atomic E-state index is 10.2. The Kier molecular flexibility index (Phi) is 9.83. The van der Waals surface area contributed by atoms with E-state index in [2.05, 4.69) is 4.18 Å². The normalized spacial score (nSPS) is 18.6. The monoisotopic (exact) mass is 282 g/mol. The summed E-state index contributed by atoms with van der Waals surface area (Å²) >= 11 is 0. The molecule has 0 aliphatic rings. The Morgan fingerprint density at radius 1 is 1.29 bits per heavy atom. The standard InChI is InChI=1S/C6H12O9S.Na/c7-1-3(9)5(11)6(4(10)2-8)15-16(12,13)14;/h2-7,9-11H,1H2,(H,12,13,14);/q;+1/p-1. The van der Waals surface area contributed by atoms with Crippen LogP contribution in [0.5, 0.6) is 0 Å². The van der Waals surface area contributed by atoms with Gasteiger partial charge in [0, 0.05) is 0 Å². The minimum Gasteiger partial charge on any atom is -0.726 e. The molecular formula is C6H11NaO9S. The minimum atomic E-state index is -5.29. The molecule has 0 bridgehead atoms. The van der Waals surface area contributed by atoms with Gasteiger partial charge in [0.15, 0.2) is 6.29 Å². The third kappa shape index (κ3) is 7.41. The van der Waals surface area contributed by atoms with Gasteiger partial charge in [0.1, 0.15) is 24.4 Å². The first kappa shape index (κ1) is 19.7. The van der Waals surface area contributed by atoms with Gasteiger partial charge in [0.05, 0.1) is 6.61 Å². The topological polar surface area (TPSA) is 164 Å². The zero-order valence-electron chi connectivity index (χ0n) is 8.83. The maximum Gasteiger partial charge on any atom is 1.00 e. The van der Waals surface area contributed by atoms with Gasteiger partial charge < -0.3 is 29.8 Å². The van der Waals surface area contributed by atoms with Gasteiger partial charge in [0.25, 0.3) is 0 Å². The van der Waals surface area contributed by atoms with E-state index in [-0.39, 0.29) is 35.8 Å². The van der Waals surface area contributed by atoms with Gasteiger partial charge in [-0.2, -0.15) is 0 Å². The van der Waals surface area contributed by atoms with E-state index in [0.717, 1.165) is 0 Å². The first-order valence-electron chi connectivity index (χ1n) is 3.97. The van der Waals surface area contributed by atoms with Crippen LogP contribution in [0.4, 0.5) is 0 Å². The minimum absolute atomic E-state index is 0. The summed E-state index contributed by atoms with van der Waals surface area (Å²) in [4.78, 5) is 10.2. The third-order valence-electron chi connectivity index (χ3n) is 1.62. The zero-order chi connectivity index (χ0) is 12.9. The Morgan fingerprint density at radius 3 is 2.06 bits per heavy atom. The summed E-state index contributed by atoms with van der Waals surface area (Å²) in [6.07, 6.45) is -8.50. The fraction of sp³-hybridized carbons (Fsp3) is 0.833. The van der Waals surface area contributed by atoms with E-state index in [1.807, 2.05) is 0 Å². The van der Waals surface area contributed by atoms with Gasteiger partial charge in [-0.15, -0.1) is 0 Å².